The van der Waals surface area contributed by atoms with E-state index in [2.05, 4.69) is 21.7 Å². The third-order valence-corrected chi connectivity index (χ3v) is 2.91. The van der Waals surface area contributed by atoms with Crippen LogP contribution in [-0.4, -0.2) is 73.2 Å². The minimum Gasteiger partial charge on any atom is -0.395 e. The highest BCUT2D eigenvalue weighted by Gasteiger charge is 2.16. The van der Waals surface area contributed by atoms with Crippen molar-refractivity contribution < 1.29 is 9.90 Å². The first-order chi connectivity index (χ1) is 8.26. The maximum absolute atomic E-state index is 11.5. The molecule has 0 atom stereocenters. The SMILES string of the molecule is C=CCNC(=O)CN1CCCN(CCO)CC1. The molecule has 1 aliphatic rings. The van der Waals surface area contributed by atoms with Crippen molar-refractivity contribution in [1.29, 1.82) is 0 Å². The van der Waals surface area contributed by atoms with Crippen LogP contribution in [0.25, 0.3) is 0 Å². The van der Waals surface area contributed by atoms with E-state index in [0.717, 1.165) is 39.1 Å². The number of nitrogens with one attached hydrogen (secondary N) is 1. The molecule has 0 aliphatic carbocycles. The summed E-state index contributed by atoms with van der Waals surface area (Å²) in [5.41, 5.74) is 0. The lowest BCUT2D eigenvalue weighted by Crippen LogP contribution is -2.39. The number of rotatable bonds is 6. The van der Waals surface area contributed by atoms with Gasteiger partial charge in [0.1, 0.15) is 0 Å². The predicted molar refractivity (Wildman–Crippen MR) is 67.8 cm³/mol. The molecule has 1 fully saturated rings. The van der Waals surface area contributed by atoms with E-state index in [0.29, 0.717) is 13.1 Å². The van der Waals surface area contributed by atoms with Crippen molar-refractivity contribution >= 4 is 5.91 Å². The van der Waals surface area contributed by atoms with Crippen LogP contribution in [0.15, 0.2) is 12.7 Å². The Morgan fingerprint density at radius 3 is 2.71 bits per heavy atom. The molecule has 98 valence electrons. The van der Waals surface area contributed by atoms with Crippen LogP contribution in [0, 0.1) is 0 Å². The van der Waals surface area contributed by atoms with E-state index < -0.39 is 0 Å². The van der Waals surface area contributed by atoms with Crippen LogP contribution in [0.4, 0.5) is 0 Å². The molecule has 0 saturated carbocycles. The monoisotopic (exact) mass is 241 g/mol. The summed E-state index contributed by atoms with van der Waals surface area (Å²) >= 11 is 0. The first-order valence-corrected chi connectivity index (χ1v) is 6.19. The Bertz CT molecular complexity index is 246. The molecule has 1 heterocycles. The number of amides is 1. The molecule has 0 unspecified atom stereocenters. The number of carbonyl (C=O) groups is 1. The molecule has 1 amide bonds. The zero-order chi connectivity index (χ0) is 12.5. The maximum atomic E-state index is 11.5. The molecule has 0 spiro atoms. The minimum absolute atomic E-state index is 0.0560. The quantitative estimate of drug-likeness (QED) is 0.603. The summed E-state index contributed by atoms with van der Waals surface area (Å²) in [5, 5.41) is 11.7. The first kappa shape index (κ1) is 14.2. The second-order valence-corrected chi connectivity index (χ2v) is 4.29. The average Bonchev–Trinajstić information content (AvgIpc) is 2.53. The van der Waals surface area contributed by atoms with Crippen LogP contribution >= 0.6 is 0 Å². The summed E-state index contributed by atoms with van der Waals surface area (Å²) in [6, 6.07) is 0. The Morgan fingerprint density at radius 2 is 2.00 bits per heavy atom. The van der Waals surface area contributed by atoms with E-state index in [9.17, 15) is 4.79 Å². The molecule has 0 aromatic rings. The normalized spacial score (nSPS) is 18.6. The van der Waals surface area contributed by atoms with E-state index in [4.69, 9.17) is 5.11 Å². The Kier molecular flexibility index (Phi) is 6.84. The van der Waals surface area contributed by atoms with Crippen LogP contribution in [0.2, 0.25) is 0 Å². The second kappa shape index (κ2) is 8.22. The molecule has 1 rings (SSSR count). The lowest BCUT2D eigenvalue weighted by molar-refractivity contribution is -0.122. The molecule has 0 aromatic carbocycles. The third-order valence-electron chi connectivity index (χ3n) is 2.91. The van der Waals surface area contributed by atoms with Gasteiger partial charge in [-0.1, -0.05) is 6.08 Å². The number of aliphatic hydroxyl groups is 1. The number of hydrogen-bond donors (Lipinski definition) is 2. The van der Waals surface area contributed by atoms with E-state index in [1.165, 1.54) is 0 Å². The highest BCUT2D eigenvalue weighted by molar-refractivity contribution is 5.78. The fourth-order valence-corrected chi connectivity index (χ4v) is 1.99. The molecule has 17 heavy (non-hydrogen) atoms. The van der Waals surface area contributed by atoms with Gasteiger partial charge >= 0.3 is 0 Å². The Labute approximate surface area is 103 Å². The lowest BCUT2D eigenvalue weighted by atomic mass is 10.3. The molecule has 5 nitrogen and oxygen atoms in total. The van der Waals surface area contributed by atoms with Crippen molar-refractivity contribution in [1.82, 2.24) is 15.1 Å². The number of aliphatic hydroxyl groups excluding tert-OH is 1. The molecule has 0 bridgehead atoms. The smallest absolute Gasteiger partial charge is 0.234 e. The van der Waals surface area contributed by atoms with Gasteiger partial charge in [0.25, 0.3) is 0 Å². The highest BCUT2D eigenvalue weighted by Crippen LogP contribution is 2.02. The Hall–Kier alpha value is -0.910. The zero-order valence-electron chi connectivity index (χ0n) is 10.4. The largest absolute Gasteiger partial charge is 0.395 e. The van der Waals surface area contributed by atoms with Gasteiger partial charge in [-0.3, -0.25) is 14.6 Å². The first-order valence-electron chi connectivity index (χ1n) is 6.19. The van der Waals surface area contributed by atoms with E-state index in [1.54, 1.807) is 6.08 Å². The van der Waals surface area contributed by atoms with Gasteiger partial charge < -0.3 is 10.4 Å². The maximum Gasteiger partial charge on any atom is 0.234 e. The summed E-state index contributed by atoms with van der Waals surface area (Å²) in [6.45, 7) is 9.27. The number of hydrogen-bond acceptors (Lipinski definition) is 4. The molecule has 0 radical (unpaired) electrons. The van der Waals surface area contributed by atoms with Gasteiger partial charge in [-0.15, -0.1) is 6.58 Å². The Balaban J connectivity index is 2.26. The Morgan fingerprint density at radius 1 is 1.29 bits per heavy atom. The van der Waals surface area contributed by atoms with Gasteiger partial charge in [0.05, 0.1) is 13.2 Å². The third kappa shape index (κ3) is 5.81. The standard InChI is InChI=1S/C12H23N3O2/c1-2-4-13-12(17)11-15-6-3-5-14(7-8-15)9-10-16/h2,16H,1,3-11H2,(H,13,17). The zero-order valence-corrected chi connectivity index (χ0v) is 10.4. The molecule has 5 heteroatoms. The number of β-amino-alcohol motifs (C(OH)–C–C–N with tert-alkyl or cyclic N) is 1. The van der Waals surface area contributed by atoms with Gasteiger partial charge in [-0.2, -0.15) is 0 Å². The van der Waals surface area contributed by atoms with Crippen molar-refractivity contribution in [2.75, 3.05) is 52.4 Å². The highest BCUT2D eigenvalue weighted by atomic mass is 16.3. The summed E-state index contributed by atoms with van der Waals surface area (Å²) in [6.07, 6.45) is 2.73. The summed E-state index contributed by atoms with van der Waals surface area (Å²) in [5.74, 6) is 0.0560. The van der Waals surface area contributed by atoms with Gasteiger partial charge in [0, 0.05) is 26.2 Å². The second-order valence-electron chi connectivity index (χ2n) is 4.29. The van der Waals surface area contributed by atoms with Crippen molar-refractivity contribution in [2.45, 2.75) is 6.42 Å². The summed E-state index contributed by atoms with van der Waals surface area (Å²) in [4.78, 5) is 15.9. The van der Waals surface area contributed by atoms with Crippen molar-refractivity contribution in [3.05, 3.63) is 12.7 Å². The minimum atomic E-state index is 0.0560. The fraction of sp³-hybridized carbons (Fsp3) is 0.750. The van der Waals surface area contributed by atoms with Crippen molar-refractivity contribution in [2.24, 2.45) is 0 Å². The van der Waals surface area contributed by atoms with E-state index >= 15 is 0 Å². The molecule has 2 N–H and O–H groups in total. The summed E-state index contributed by atoms with van der Waals surface area (Å²) in [7, 11) is 0. The molecular formula is C12H23N3O2. The predicted octanol–water partition coefficient (Wildman–Crippen LogP) is -0.711. The number of carbonyl (C=O) groups excluding carboxylic acids is 1. The number of nitrogens with zero attached hydrogens (tertiary/aromatic N) is 2. The van der Waals surface area contributed by atoms with Crippen molar-refractivity contribution in [3.8, 4) is 0 Å². The van der Waals surface area contributed by atoms with Crippen molar-refractivity contribution in [3.63, 3.8) is 0 Å². The molecule has 0 aromatic heterocycles. The fourth-order valence-electron chi connectivity index (χ4n) is 1.99. The van der Waals surface area contributed by atoms with Gasteiger partial charge in [-0.05, 0) is 19.5 Å². The van der Waals surface area contributed by atoms with Crippen LogP contribution in [0.1, 0.15) is 6.42 Å². The van der Waals surface area contributed by atoms with Crippen LogP contribution < -0.4 is 5.32 Å². The van der Waals surface area contributed by atoms with E-state index in [1.807, 2.05) is 0 Å². The van der Waals surface area contributed by atoms with Crippen LogP contribution in [0.5, 0.6) is 0 Å². The van der Waals surface area contributed by atoms with Crippen LogP contribution in [-0.2, 0) is 4.79 Å². The molecular weight excluding hydrogens is 218 g/mol. The molecule has 1 saturated heterocycles. The van der Waals surface area contributed by atoms with Gasteiger partial charge in [0.2, 0.25) is 5.91 Å². The van der Waals surface area contributed by atoms with Gasteiger partial charge in [-0.25, -0.2) is 0 Å². The average molecular weight is 241 g/mol. The van der Waals surface area contributed by atoms with Gasteiger partial charge in [0.15, 0.2) is 0 Å². The lowest BCUT2D eigenvalue weighted by Gasteiger charge is -2.20. The summed E-state index contributed by atoms with van der Waals surface area (Å²) < 4.78 is 0. The van der Waals surface area contributed by atoms with E-state index in [-0.39, 0.29) is 12.5 Å². The topological polar surface area (TPSA) is 55.8 Å². The van der Waals surface area contributed by atoms with Crippen LogP contribution in [0.3, 0.4) is 0 Å². The molecule has 1 aliphatic heterocycles.